The van der Waals surface area contributed by atoms with Gasteiger partial charge < -0.3 is 23.9 Å². The van der Waals surface area contributed by atoms with Gasteiger partial charge in [0, 0.05) is 35.5 Å². The summed E-state index contributed by atoms with van der Waals surface area (Å²) in [6.07, 6.45) is 0.391. The third-order valence-electron chi connectivity index (χ3n) is 5.07. The number of aromatic nitrogens is 2. The minimum atomic E-state index is -0.850. The van der Waals surface area contributed by atoms with Gasteiger partial charge in [-0.1, -0.05) is 0 Å². The number of nitro groups is 1. The fraction of sp³-hybridized carbons (Fsp3) is 0.250. The van der Waals surface area contributed by atoms with Crippen molar-refractivity contribution in [3.05, 3.63) is 63.8 Å². The first-order chi connectivity index (χ1) is 16.3. The Bertz CT molecular complexity index is 1390. The van der Waals surface area contributed by atoms with Gasteiger partial charge in [-0.3, -0.25) is 10.1 Å². The molecule has 0 spiro atoms. The van der Waals surface area contributed by atoms with E-state index < -0.39 is 11.1 Å². The Morgan fingerprint density at radius 3 is 2.65 bits per heavy atom. The van der Waals surface area contributed by atoms with Crippen LogP contribution in [-0.4, -0.2) is 34.3 Å². The summed E-state index contributed by atoms with van der Waals surface area (Å²) >= 11 is 0. The first-order valence-corrected chi connectivity index (χ1v) is 10.5. The SMILES string of the molecule is COCc1c(OC(=O)OC(C)C)ncc2[nH]c3ccc(Oc4ccc([N+](=O)[O-])cc4C)cc3c12. The number of nitrogens with one attached hydrogen (secondary N) is 1. The summed E-state index contributed by atoms with van der Waals surface area (Å²) in [5.41, 5.74) is 2.77. The molecule has 0 saturated carbocycles. The molecular weight excluding hydrogens is 442 g/mol. The van der Waals surface area contributed by atoms with Crippen LogP contribution in [0.1, 0.15) is 25.0 Å². The van der Waals surface area contributed by atoms with E-state index in [0.29, 0.717) is 22.6 Å². The number of hydrogen-bond donors (Lipinski definition) is 1. The molecule has 0 aliphatic carbocycles. The van der Waals surface area contributed by atoms with Crippen LogP contribution in [0.15, 0.2) is 42.6 Å². The second-order valence-electron chi connectivity index (χ2n) is 7.92. The van der Waals surface area contributed by atoms with Gasteiger partial charge in [0.25, 0.3) is 5.69 Å². The van der Waals surface area contributed by atoms with Gasteiger partial charge in [0.05, 0.1) is 34.9 Å². The molecule has 176 valence electrons. The summed E-state index contributed by atoms with van der Waals surface area (Å²) < 4.78 is 21.8. The molecular formula is C24H23N3O7. The molecule has 2 aromatic heterocycles. The van der Waals surface area contributed by atoms with Crippen LogP contribution in [0.2, 0.25) is 0 Å². The zero-order valence-electron chi connectivity index (χ0n) is 19.1. The van der Waals surface area contributed by atoms with Crippen molar-refractivity contribution in [2.24, 2.45) is 0 Å². The number of nitrogens with zero attached hydrogens (tertiary/aromatic N) is 2. The Morgan fingerprint density at radius 2 is 1.97 bits per heavy atom. The molecule has 4 aromatic rings. The number of nitro benzene ring substituents is 1. The van der Waals surface area contributed by atoms with E-state index in [-0.39, 0.29) is 24.3 Å². The topological polar surface area (TPSA) is 126 Å². The number of benzene rings is 2. The zero-order chi connectivity index (χ0) is 24.4. The monoisotopic (exact) mass is 465 g/mol. The molecule has 0 atom stereocenters. The van der Waals surface area contributed by atoms with E-state index >= 15 is 0 Å². The van der Waals surface area contributed by atoms with Crippen LogP contribution in [-0.2, 0) is 16.1 Å². The van der Waals surface area contributed by atoms with Gasteiger partial charge in [-0.15, -0.1) is 0 Å². The number of ether oxygens (including phenoxy) is 4. The summed E-state index contributed by atoms with van der Waals surface area (Å²) in [7, 11) is 1.54. The highest BCUT2D eigenvalue weighted by atomic mass is 16.7. The van der Waals surface area contributed by atoms with E-state index in [1.807, 2.05) is 12.1 Å². The Kier molecular flexibility index (Phi) is 6.33. The van der Waals surface area contributed by atoms with Crippen LogP contribution in [0.5, 0.6) is 17.4 Å². The maximum absolute atomic E-state index is 12.1. The molecule has 0 aliphatic rings. The lowest BCUT2D eigenvalue weighted by Crippen LogP contribution is -2.17. The number of pyridine rings is 1. The van der Waals surface area contributed by atoms with Crippen molar-refractivity contribution < 1.29 is 28.7 Å². The number of aryl methyl sites for hydroxylation is 1. The van der Waals surface area contributed by atoms with E-state index in [1.54, 1.807) is 39.1 Å². The molecule has 2 heterocycles. The third kappa shape index (κ3) is 4.62. The number of H-pyrrole nitrogens is 1. The number of non-ortho nitro benzene ring substituents is 1. The van der Waals surface area contributed by atoms with Gasteiger partial charge in [0.15, 0.2) is 0 Å². The maximum atomic E-state index is 12.1. The number of hydrogen-bond acceptors (Lipinski definition) is 8. The van der Waals surface area contributed by atoms with Crippen molar-refractivity contribution in [2.75, 3.05) is 7.11 Å². The fourth-order valence-corrected chi connectivity index (χ4v) is 3.64. The first-order valence-electron chi connectivity index (χ1n) is 10.5. The van der Waals surface area contributed by atoms with Crippen molar-refractivity contribution in [2.45, 2.75) is 33.5 Å². The van der Waals surface area contributed by atoms with Crippen LogP contribution in [0, 0.1) is 17.0 Å². The quantitative estimate of drug-likeness (QED) is 0.206. The van der Waals surface area contributed by atoms with Crippen molar-refractivity contribution in [3.63, 3.8) is 0 Å². The number of carbonyl (C=O) groups is 1. The average molecular weight is 465 g/mol. The number of rotatable bonds is 7. The molecule has 0 aliphatic heterocycles. The van der Waals surface area contributed by atoms with Crippen molar-refractivity contribution in [1.82, 2.24) is 9.97 Å². The van der Waals surface area contributed by atoms with Crippen molar-refractivity contribution >= 4 is 33.6 Å². The minimum Gasteiger partial charge on any atom is -0.457 e. The number of methoxy groups -OCH3 is 1. The zero-order valence-corrected chi connectivity index (χ0v) is 19.1. The summed E-state index contributed by atoms with van der Waals surface area (Å²) in [5, 5.41) is 12.6. The standard InChI is InChI=1S/C24H23N3O7/c1-13(2)32-24(28)34-23-18(12-31-4)22-17-10-16(6-7-19(17)26-20(22)11-25-23)33-21-8-5-15(27(29)30)9-14(21)3/h5-11,13,26H,12H2,1-4H3. The molecule has 2 aromatic carbocycles. The van der Waals surface area contributed by atoms with Crippen molar-refractivity contribution in [1.29, 1.82) is 0 Å². The molecule has 0 amide bonds. The molecule has 0 radical (unpaired) electrons. The number of aromatic amines is 1. The summed E-state index contributed by atoms with van der Waals surface area (Å²) in [5.74, 6) is 1.13. The molecule has 0 fully saturated rings. The number of fused-ring (bicyclic) bond motifs is 3. The van der Waals surface area contributed by atoms with Gasteiger partial charge >= 0.3 is 6.16 Å². The van der Waals surface area contributed by atoms with Crippen LogP contribution in [0.3, 0.4) is 0 Å². The summed E-state index contributed by atoms with van der Waals surface area (Å²) in [6, 6.07) is 9.91. The average Bonchev–Trinajstić information content (AvgIpc) is 3.14. The lowest BCUT2D eigenvalue weighted by atomic mass is 10.1. The molecule has 34 heavy (non-hydrogen) atoms. The molecule has 0 unspecified atom stereocenters. The molecule has 10 heteroatoms. The Hall–Kier alpha value is -4.18. The van der Waals surface area contributed by atoms with Crippen LogP contribution < -0.4 is 9.47 Å². The minimum absolute atomic E-state index is 0.00263. The Morgan fingerprint density at radius 1 is 1.18 bits per heavy atom. The fourth-order valence-electron chi connectivity index (χ4n) is 3.64. The smallest absolute Gasteiger partial charge is 0.457 e. The summed E-state index contributed by atoms with van der Waals surface area (Å²) in [6.45, 7) is 5.34. The second-order valence-corrected chi connectivity index (χ2v) is 7.92. The predicted octanol–water partition coefficient (Wildman–Crippen LogP) is 5.80. The van der Waals surface area contributed by atoms with E-state index in [1.165, 1.54) is 19.2 Å². The van der Waals surface area contributed by atoms with E-state index in [9.17, 15) is 14.9 Å². The highest BCUT2D eigenvalue weighted by molar-refractivity contribution is 6.09. The molecule has 0 saturated heterocycles. The molecule has 10 nitrogen and oxygen atoms in total. The largest absolute Gasteiger partial charge is 0.515 e. The predicted molar refractivity (Wildman–Crippen MR) is 124 cm³/mol. The lowest BCUT2D eigenvalue weighted by Gasteiger charge is -2.12. The van der Waals surface area contributed by atoms with Gasteiger partial charge in [-0.25, -0.2) is 9.78 Å². The molecule has 4 rings (SSSR count). The highest BCUT2D eigenvalue weighted by Gasteiger charge is 2.20. The van der Waals surface area contributed by atoms with Crippen LogP contribution in [0.25, 0.3) is 21.8 Å². The Balaban J connectivity index is 1.76. The highest BCUT2D eigenvalue weighted by Crippen LogP contribution is 2.36. The van der Waals surface area contributed by atoms with E-state index in [4.69, 9.17) is 18.9 Å². The van der Waals surface area contributed by atoms with Gasteiger partial charge in [-0.05, 0) is 50.6 Å². The number of carbonyl (C=O) groups excluding carboxylic acids is 1. The van der Waals surface area contributed by atoms with Gasteiger partial charge in [0.1, 0.15) is 11.5 Å². The van der Waals surface area contributed by atoms with E-state index in [0.717, 1.165) is 21.8 Å². The third-order valence-corrected chi connectivity index (χ3v) is 5.07. The second kappa shape index (κ2) is 9.36. The van der Waals surface area contributed by atoms with Crippen molar-refractivity contribution in [3.8, 4) is 17.4 Å². The van der Waals surface area contributed by atoms with E-state index in [2.05, 4.69) is 9.97 Å². The molecule has 1 N–H and O–H groups in total. The maximum Gasteiger partial charge on any atom is 0.515 e. The van der Waals surface area contributed by atoms with Gasteiger partial charge in [-0.2, -0.15) is 0 Å². The summed E-state index contributed by atoms with van der Waals surface area (Å²) in [4.78, 5) is 30.2. The first kappa shape index (κ1) is 23.0. The van der Waals surface area contributed by atoms with Crippen LogP contribution >= 0.6 is 0 Å². The molecule has 0 bridgehead atoms. The normalized spacial score (nSPS) is 11.2. The Labute approximate surface area is 194 Å². The lowest BCUT2D eigenvalue weighted by molar-refractivity contribution is -0.384. The van der Waals surface area contributed by atoms with Crippen LogP contribution in [0.4, 0.5) is 10.5 Å². The van der Waals surface area contributed by atoms with Gasteiger partial charge in [0.2, 0.25) is 5.88 Å².